The Bertz CT molecular complexity index is 1270. The minimum absolute atomic E-state index is 0.0837. The molecule has 0 fully saturated rings. The molecule has 0 atom stereocenters. The maximum absolute atomic E-state index is 14.7. The second kappa shape index (κ2) is 8.30. The monoisotopic (exact) mass is 448 g/mol. The Labute approximate surface area is 178 Å². The number of aliphatic hydroxyl groups is 1. The van der Waals surface area contributed by atoms with E-state index >= 15 is 0 Å². The molecule has 8 nitrogen and oxygen atoms in total. The molecule has 32 heavy (non-hydrogen) atoms. The molecule has 1 aromatic carbocycles. The Morgan fingerprint density at radius 3 is 2.66 bits per heavy atom. The topological polar surface area (TPSA) is 122 Å². The van der Waals surface area contributed by atoms with Crippen LogP contribution in [0.2, 0.25) is 0 Å². The van der Waals surface area contributed by atoms with E-state index in [1.807, 2.05) is 0 Å². The summed E-state index contributed by atoms with van der Waals surface area (Å²) in [5.41, 5.74) is 5.52. The number of nitrogens with two attached hydrogens (primary N) is 1. The van der Waals surface area contributed by atoms with E-state index in [-0.39, 0.29) is 23.9 Å². The minimum Gasteiger partial charge on any atom is -0.453 e. The number of ether oxygens (including phenoxy) is 1. The summed E-state index contributed by atoms with van der Waals surface area (Å²) in [6.45, 7) is -0.0837. The van der Waals surface area contributed by atoms with Gasteiger partial charge in [0.15, 0.2) is 17.3 Å². The lowest BCUT2D eigenvalue weighted by Gasteiger charge is -2.12. The number of nitrogen functional groups attached to an aromatic ring is 1. The van der Waals surface area contributed by atoms with Crippen molar-refractivity contribution in [2.45, 2.75) is 12.6 Å². The van der Waals surface area contributed by atoms with Crippen molar-refractivity contribution >= 4 is 28.5 Å². The lowest BCUT2D eigenvalue weighted by Crippen LogP contribution is -2.12. The molecule has 4 aromatic rings. The molecule has 0 radical (unpaired) electrons. The molecule has 0 bridgehead atoms. The number of aromatic amines is 1. The van der Waals surface area contributed by atoms with Gasteiger partial charge in [-0.05, 0) is 30.2 Å². The van der Waals surface area contributed by atoms with Crippen LogP contribution in [-0.2, 0) is 12.6 Å². The number of hydrogen-bond acceptors (Lipinski definition) is 7. The second-order valence-corrected chi connectivity index (χ2v) is 6.69. The van der Waals surface area contributed by atoms with Crippen molar-refractivity contribution in [2.24, 2.45) is 0 Å². The molecule has 12 heteroatoms. The summed E-state index contributed by atoms with van der Waals surface area (Å²) in [7, 11) is 0. The molecular weight excluding hydrogens is 432 g/mol. The highest BCUT2D eigenvalue weighted by atomic mass is 19.4. The van der Waals surface area contributed by atoms with Crippen LogP contribution < -0.4 is 15.8 Å². The fourth-order valence-corrected chi connectivity index (χ4v) is 3.10. The van der Waals surface area contributed by atoms with Crippen molar-refractivity contribution in [1.29, 1.82) is 0 Å². The molecule has 3 aromatic heterocycles. The quantitative estimate of drug-likeness (QED) is 0.327. The van der Waals surface area contributed by atoms with E-state index in [4.69, 9.17) is 10.5 Å². The molecule has 0 saturated carbocycles. The molecular formula is C20H16F4N6O2. The van der Waals surface area contributed by atoms with Crippen LogP contribution in [0.1, 0.15) is 11.3 Å². The van der Waals surface area contributed by atoms with Crippen molar-refractivity contribution in [2.75, 3.05) is 17.7 Å². The normalized spacial score (nSPS) is 11.7. The maximum Gasteiger partial charge on any atom is 0.433 e. The SMILES string of the molecule is Nc1nc(Nc2ccc(Oc3ccnc4[nH]cc(CCO)c34)c(F)c2)cc(C(F)(F)F)n1. The fraction of sp³-hybridized carbons (Fsp3) is 0.150. The molecule has 0 aliphatic carbocycles. The first-order chi connectivity index (χ1) is 15.2. The summed E-state index contributed by atoms with van der Waals surface area (Å²) in [5, 5.41) is 12.4. The van der Waals surface area contributed by atoms with Crippen molar-refractivity contribution in [3.05, 3.63) is 59.8 Å². The Hall–Kier alpha value is -3.93. The van der Waals surface area contributed by atoms with E-state index in [9.17, 15) is 22.7 Å². The Morgan fingerprint density at radius 1 is 1.12 bits per heavy atom. The Balaban J connectivity index is 1.60. The summed E-state index contributed by atoms with van der Waals surface area (Å²) in [6.07, 6.45) is -1.18. The number of benzene rings is 1. The van der Waals surface area contributed by atoms with Crippen molar-refractivity contribution < 1.29 is 27.4 Å². The predicted octanol–water partition coefficient (Wildman–Crippen LogP) is 4.16. The fourth-order valence-electron chi connectivity index (χ4n) is 3.10. The zero-order chi connectivity index (χ0) is 22.9. The number of nitrogens with one attached hydrogen (secondary N) is 2. The molecule has 3 heterocycles. The predicted molar refractivity (Wildman–Crippen MR) is 108 cm³/mol. The Morgan fingerprint density at radius 2 is 1.94 bits per heavy atom. The molecule has 0 spiro atoms. The summed E-state index contributed by atoms with van der Waals surface area (Å²) >= 11 is 0. The number of aliphatic hydroxyl groups excluding tert-OH is 1. The van der Waals surface area contributed by atoms with Crippen molar-refractivity contribution in [3.63, 3.8) is 0 Å². The van der Waals surface area contributed by atoms with Crippen LogP contribution in [0.15, 0.2) is 42.7 Å². The molecule has 0 aliphatic heterocycles. The first-order valence-corrected chi connectivity index (χ1v) is 9.26. The van der Waals surface area contributed by atoms with Gasteiger partial charge in [0, 0.05) is 36.8 Å². The summed E-state index contributed by atoms with van der Waals surface area (Å²) < 4.78 is 59.1. The van der Waals surface area contributed by atoms with E-state index in [1.54, 1.807) is 12.3 Å². The molecule has 166 valence electrons. The summed E-state index contributed by atoms with van der Waals surface area (Å²) in [5.74, 6) is -1.36. The van der Waals surface area contributed by atoms with Crippen LogP contribution in [0.4, 0.5) is 35.0 Å². The van der Waals surface area contributed by atoms with Crippen LogP contribution in [0.25, 0.3) is 11.0 Å². The van der Waals surface area contributed by atoms with Crippen molar-refractivity contribution in [3.8, 4) is 11.5 Å². The van der Waals surface area contributed by atoms with Crippen LogP contribution in [-0.4, -0.2) is 31.6 Å². The van der Waals surface area contributed by atoms with E-state index in [1.165, 1.54) is 18.3 Å². The number of nitrogens with zero attached hydrogens (tertiary/aromatic N) is 3. The van der Waals surface area contributed by atoms with Gasteiger partial charge in [-0.15, -0.1) is 0 Å². The largest absolute Gasteiger partial charge is 0.453 e. The van der Waals surface area contributed by atoms with Gasteiger partial charge < -0.3 is 25.9 Å². The lowest BCUT2D eigenvalue weighted by molar-refractivity contribution is -0.141. The maximum atomic E-state index is 14.7. The highest BCUT2D eigenvalue weighted by Crippen LogP contribution is 2.34. The standard InChI is InChI=1S/C20H16F4N6O2/c21-12-7-11(28-16-8-15(20(22,23)24)29-19(25)30-16)1-2-13(12)32-14-3-5-26-18-17(14)10(4-6-31)9-27-18/h1-3,5,7-9,31H,4,6H2,(H,26,27)(H3,25,28,29,30). The van der Waals surface area contributed by atoms with E-state index < -0.39 is 23.6 Å². The number of anilines is 3. The smallest absolute Gasteiger partial charge is 0.433 e. The number of halogens is 4. The van der Waals surface area contributed by atoms with Gasteiger partial charge in [0.2, 0.25) is 5.95 Å². The summed E-state index contributed by atoms with van der Waals surface area (Å²) in [6, 6.07) is 6.00. The first-order valence-electron chi connectivity index (χ1n) is 9.26. The Kier molecular flexibility index (Phi) is 5.53. The van der Waals surface area contributed by atoms with E-state index in [0.717, 1.165) is 11.6 Å². The molecule has 0 saturated heterocycles. The third-order valence-corrected chi connectivity index (χ3v) is 4.46. The van der Waals surface area contributed by atoms with Crippen LogP contribution >= 0.6 is 0 Å². The lowest BCUT2D eigenvalue weighted by atomic mass is 10.1. The van der Waals surface area contributed by atoms with Gasteiger partial charge >= 0.3 is 6.18 Å². The number of pyridine rings is 1. The van der Waals surface area contributed by atoms with Gasteiger partial charge in [0.05, 0.1) is 5.39 Å². The minimum atomic E-state index is -4.71. The number of rotatable bonds is 6. The van der Waals surface area contributed by atoms with Crippen molar-refractivity contribution in [1.82, 2.24) is 19.9 Å². The summed E-state index contributed by atoms with van der Waals surface area (Å²) in [4.78, 5) is 14.0. The zero-order valence-electron chi connectivity index (χ0n) is 16.2. The third-order valence-electron chi connectivity index (χ3n) is 4.46. The van der Waals surface area contributed by atoms with E-state index in [2.05, 4.69) is 25.3 Å². The third kappa shape index (κ3) is 4.39. The van der Waals surface area contributed by atoms with Gasteiger partial charge in [-0.25, -0.2) is 14.4 Å². The van der Waals surface area contributed by atoms with Gasteiger partial charge in [-0.2, -0.15) is 18.2 Å². The van der Waals surface area contributed by atoms with Gasteiger partial charge in [0.25, 0.3) is 0 Å². The van der Waals surface area contributed by atoms with E-state index in [0.29, 0.717) is 29.3 Å². The molecule has 5 N–H and O–H groups in total. The number of aromatic nitrogens is 4. The average molecular weight is 448 g/mol. The number of fused-ring (bicyclic) bond motifs is 1. The van der Waals surface area contributed by atoms with Crippen LogP contribution in [0.3, 0.4) is 0 Å². The molecule has 0 amide bonds. The second-order valence-electron chi connectivity index (χ2n) is 6.69. The molecule has 0 unspecified atom stereocenters. The molecule has 0 aliphatic rings. The molecule has 4 rings (SSSR count). The zero-order valence-corrected chi connectivity index (χ0v) is 16.2. The van der Waals surface area contributed by atoms with Gasteiger partial charge in [-0.3, -0.25) is 0 Å². The van der Waals surface area contributed by atoms with Gasteiger partial charge in [0.1, 0.15) is 17.2 Å². The highest BCUT2D eigenvalue weighted by molar-refractivity contribution is 5.86. The van der Waals surface area contributed by atoms with Gasteiger partial charge in [-0.1, -0.05) is 0 Å². The highest BCUT2D eigenvalue weighted by Gasteiger charge is 2.33. The van der Waals surface area contributed by atoms with Crippen LogP contribution in [0, 0.1) is 5.82 Å². The number of alkyl halides is 3. The number of H-pyrrole nitrogens is 1. The van der Waals surface area contributed by atoms with Crippen LogP contribution in [0.5, 0.6) is 11.5 Å². The number of hydrogen-bond donors (Lipinski definition) is 4. The first kappa shape index (κ1) is 21.3. The average Bonchev–Trinajstić information content (AvgIpc) is 3.13.